The molecule has 1 aromatic rings. The predicted molar refractivity (Wildman–Crippen MR) is 32.3 cm³/mol. The lowest BCUT2D eigenvalue weighted by atomic mass is 10.8. The van der Waals surface area contributed by atoms with E-state index in [-0.39, 0.29) is 0 Å². The summed E-state index contributed by atoms with van der Waals surface area (Å²) in [6, 6.07) is 0. The van der Waals surface area contributed by atoms with E-state index in [2.05, 4.69) is 4.98 Å². The molecular weight excluding hydrogens is 124 g/mol. The van der Waals surface area contributed by atoms with Crippen LogP contribution in [0.15, 0.2) is 6.20 Å². The summed E-state index contributed by atoms with van der Waals surface area (Å²) in [5.74, 6) is 0. The fraction of sp³-hybridized carbons (Fsp3) is 0.250. The highest BCUT2D eigenvalue weighted by atomic mass is 32.1. The summed E-state index contributed by atoms with van der Waals surface area (Å²) in [6.45, 7) is 1.88. The quantitative estimate of drug-likeness (QED) is 0.562. The second-order valence-electron chi connectivity index (χ2n) is 1.36. The number of rotatable bonds is 1. The summed E-state index contributed by atoms with van der Waals surface area (Å²) in [5, 5.41) is 9.90. The number of nitrogens with zero attached hydrogens (tertiary/aromatic N) is 1. The zero-order valence-electron chi connectivity index (χ0n) is 4.38. The molecule has 0 amide bonds. The highest BCUT2D eigenvalue weighted by Crippen LogP contribution is 2.15. The van der Waals surface area contributed by atoms with Gasteiger partial charge in [-0.25, -0.2) is 4.98 Å². The molecule has 1 rings (SSSR count). The molecule has 0 aromatic carbocycles. The van der Waals surface area contributed by atoms with Crippen LogP contribution in [0.1, 0.15) is 5.01 Å². The SMILES string of the molecule is Cc1ncc(NO)s1. The van der Waals surface area contributed by atoms with Crippen molar-refractivity contribution in [2.24, 2.45) is 0 Å². The van der Waals surface area contributed by atoms with Gasteiger partial charge >= 0.3 is 0 Å². The summed E-state index contributed by atoms with van der Waals surface area (Å²) >= 11 is 1.42. The van der Waals surface area contributed by atoms with E-state index in [1.165, 1.54) is 11.3 Å². The van der Waals surface area contributed by atoms with Crippen molar-refractivity contribution in [1.82, 2.24) is 4.98 Å². The van der Waals surface area contributed by atoms with Gasteiger partial charge in [-0.05, 0) is 6.92 Å². The minimum absolute atomic E-state index is 0.683. The van der Waals surface area contributed by atoms with Gasteiger partial charge in [0.05, 0.1) is 11.2 Å². The van der Waals surface area contributed by atoms with Crippen LogP contribution >= 0.6 is 11.3 Å². The van der Waals surface area contributed by atoms with Gasteiger partial charge in [0.25, 0.3) is 0 Å². The van der Waals surface area contributed by atoms with Gasteiger partial charge in [-0.3, -0.25) is 10.7 Å². The Hall–Kier alpha value is -0.610. The Morgan fingerprint density at radius 2 is 2.62 bits per heavy atom. The van der Waals surface area contributed by atoms with Gasteiger partial charge < -0.3 is 0 Å². The first-order chi connectivity index (χ1) is 3.83. The lowest BCUT2D eigenvalue weighted by Crippen LogP contribution is -1.81. The van der Waals surface area contributed by atoms with E-state index in [1.54, 1.807) is 6.20 Å². The van der Waals surface area contributed by atoms with E-state index in [0.29, 0.717) is 5.00 Å². The molecule has 0 aliphatic heterocycles. The average Bonchev–Trinajstić information content (AvgIpc) is 2.14. The molecule has 0 saturated heterocycles. The Morgan fingerprint density at radius 1 is 1.88 bits per heavy atom. The molecule has 3 nitrogen and oxygen atoms in total. The molecule has 2 N–H and O–H groups in total. The molecule has 0 bridgehead atoms. The molecule has 0 aliphatic rings. The summed E-state index contributed by atoms with van der Waals surface area (Å²) in [5.41, 5.74) is 2.00. The van der Waals surface area contributed by atoms with Crippen molar-refractivity contribution >= 4 is 16.3 Å². The molecule has 0 aliphatic carbocycles. The van der Waals surface area contributed by atoms with Gasteiger partial charge in [0.2, 0.25) is 0 Å². The second kappa shape index (κ2) is 2.11. The summed E-state index contributed by atoms with van der Waals surface area (Å²) in [7, 11) is 0. The van der Waals surface area contributed by atoms with Gasteiger partial charge in [0.15, 0.2) is 0 Å². The molecule has 8 heavy (non-hydrogen) atoms. The number of hydrogen-bond acceptors (Lipinski definition) is 4. The van der Waals surface area contributed by atoms with Crippen LogP contribution in [0.25, 0.3) is 0 Å². The molecular formula is C4H6N2OS. The van der Waals surface area contributed by atoms with E-state index >= 15 is 0 Å². The standard InChI is InChI=1S/C4H6N2OS/c1-3-5-2-4(6-7)8-3/h2,6-7H,1H3. The van der Waals surface area contributed by atoms with Crippen molar-refractivity contribution in [2.45, 2.75) is 6.92 Å². The zero-order chi connectivity index (χ0) is 5.98. The Kier molecular flexibility index (Phi) is 1.45. The number of hydrogen-bond donors (Lipinski definition) is 2. The predicted octanol–water partition coefficient (Wildman–Crippen LogP) is 1.25. The smallest absolute Gasteiger partial charge is 0.133 e. The Labute approximate surface area is 51.0 Å². The summed E-state index contributed by atoms with van der Waals surface area (Å²) < 4.78 is 0. The maximum Gasteiger partial charge on any atom is 0.133 e. The Balaban J connectivity index is 2.84. The number of thiazole rings is 1. The molecule has 4 heteroatoms. The van der Waals surface area contributed by atoms with Gasteiger partial charge in [-0.1, -0.05) is 11.3 Å². The third kappa shape index (κ3) is 0.962. The van der Waals surface area contributed by atoms with Crippen molar-refractivity contribution in [3.63, 3.8) is 0 Å². The summed E-state index contributed by atoms with van der Waals surface area (Å²) in [6.07, 6.45) is 1.58. The fourth-order valence-electron chi connectivity index (χ4n) is 0.413. The summed E-state index contributed by atoms with van der Waals surface area (Å²) in [4.78, 5) is 3.88. The van der Waals surface area contributed by atoms with Crippen LogP contribution in [0.2, 0.25) is 0 Å². The Bertz CT molecular complexity index is 174. The van der Waals surface area contributed by atoms with Gasteiger partial charge in [0, 0.05) is 0 Å². The van der Waals surface area contributed by atoms with E-state index in [1.807, 2.05) is 12.4 Å². The van der Waals surface area contributed by atoms with Crippen LogP contribution < -0.4 is 5.48 Å². The molecule has 0 fully saturated rings. The molecule has 1 aromatic heterocycles. The first-order valence-electron chi connectivity index (χ1n) is 2.15. The van der Waals surface area contributed by atoms with E-state index in [4.69, 9.17) is 5.21 Å². The normalized spacial score (nSPS) is 9.25. The third-order valence-electron chi connectivity index (χ3n) is 0.731. The molecule has 0 unspecified atom stereocenters. The van der Waals surface area contributed by atoms with Crippen LogP contribution in [0.5, 0.6) is 0 Å². The number of aromatic nitrogens is 1. The molecule has 44 valence electrons. The second-order valence-corrected chi connectivity index (χ2v) is 2.59. The van der Waals surface area contributed by atoms with Crippen molar-refractivity contribution < 1.29 is 5.21 Å². The Morgan fingerprint density at radius 3 is 2.88 bits per heavy atom. The zero-order valence-corrected chi connectivity index (χ0v) is 5.20. The topological polar surface area (TPSA) is 45.2 Å². The largest absolute Gasteiger partial charge is 0.290 e. The van der Waals surface area contributed by atoms with Gasteiger partial charge in [0.1, 0.15) is 5.00 Å². The average molecular weight is 130 g/mol. The van der Waals surface area contributed by atoms with Crippen LogP contribution in [-0.4, -0.2) is 10.2 Å². The van der Waals surface area contributed by atoms with Crippen LogP contribution in [-0.2, 0) is 0 Å². The number of anilines is 1. The van der Waals surface area contributed by atoms with Crippen molar-refractivity contribution in [3.8, 4) is 0 Å². The van der Waals surface area contributed by atoms with Crippen LogP contribution in [0.3, 0.4) is 0 Å². The maximum absolute atomic E-state index is 8.27. The highest BCUT2D eigenvalue weighted by molar-refractivity contribution is 7.15. The number of aryl methyl sites for hydroxylation is 1. The number of nitrogens with one attached hydrogen (secondary N) is 1. The van der Waals surface area contributed by atoms with Gasteiger partial charge in [-0.15, -0.1) is 0 Å². The molecule has 1 heterocycles. The van der Waals surface area contributed by atoms with Crippen molar-refractivity contribution in [3.05, 3.63) is 11.2 Å². The lowest BCUT2D eigenvalue weighted by Gasteiger charge is -1.83. The first kappa shape index (κ1) is 5.53. The molecule has 0 radical (unpaired) electrons. The van der Waals surface area contributed by atoms with E-state index in [0.717, 1.165) is 5.01 Å². The first-order valence-corrected chi connectivity index (χ1v) is 2.97. The molecule has 0 saturated carbocycles. The fourth-order valence-corrected chi connectivity index (χ4v) is 0.988. The third-order valence-corrected chi connectivity index (χ3v) is 1.55. The molecule has 0 atom stereocenters. The minimum Gasteiger partial charge on any atom is -0.290 e. The van der Waals surface area contributed by atoms with E-state index in [9.17, 15) is 0 Å². The van der Waals surface area contributed by atoms with Crippen molar-refractivity contribution in [2.75, 3.05) is 5.48 Å². The van der Waals surface area contributed by atoms with Crippen molar-refractivity contribution in [1.29, 1.82) is 0 Å². The van der Waals surface area contributed by atoms with Crippen LogP contribution in [0.4, 0.5) is 5.00 Å². The van der Waals surface area contributed by atoms with Crippen LogP contribution in [0, 0.1) is 6.92 Å². The van der Waals surface area contributed by atoms with Gasteiger partial charge in [-0.2, -0.15) is 0 Å². The molecule has 0 spiro atoms. The minimum atomic E-state index is 0.683. The monoisotopic (exact) mass is 130 g/mol. The van der Waals surface area contributed by atoms with E-state index < -0.39 is 0 Å². The highest BCUT2D eigenvalue weighted by Gasteiger charge is 1.91. The lowest BCUT2D eigenvalue weighted by molar-refractivity contribution is 0.391. The maximum atomic E-state index is 8.27.